The number of benzene rings is 2. The molecule has 0 unspecified atom stereocenters. The van der Waals surface area contributed by atoms with Gasteiger partial charge in [-0.2, -0.15) is 0 Å². The fraction of sp³-hybridized carbons (Fsp3) is 0.0588. The van der Waals surface area contributed by atoms with Crippen LogP contribution in [0.5, 0.6) is 0 Å². The summed E-state index contributed by atoms with van der Waals surface area (Å²) in [5, 5.41) is 0. The zero-order valence-corrected chi connectivity index (χ0v) is 11.2. The molecule has 0 amide bonds. The smallest absolute Gasteiger partial charge is 0.150 e. The predicted octanol–water partition coefficient (Wildman–Crippen LogP) is 3.70. The number of aryl methyl sites for hydroxylation is 1. The summed E-state index contributed by atoms with van der Waals surface area (Å²) in [5.74, 6) is 0.466. The molecular weight excluding hydrogens is 246 g/mol. The molecule has 0 aliphatic heterocycles. The lowest BCUT2D eigenvalue weighted by molar-refractivity contribution is 1.14. The van der Waals surface area contributed by atoms with Crippen molar-refractivity contribution in [1.29, 1.82) is 0 Å². The van der Waals surface area contributed by atoms with Crippen molar-refractivity contribution in [3.63, 3.8) is 0 Å². The second-order valence-corrected chi connectivity index (χ2v) is 4.62. The number of hydrogen-bond acceptors (Lipinski definition) is 3. The second-order valence-electron chi connectivity index (χ2n) is 4.62. The topological polar surface area (TPSA) is 51.8 Å². The van der Waals surface area contributed by atoms with Gasteiger partial charge < -0.3 is 5.73 Å². The van der Waals surface area contributed by atoms with E-state index in [-0.39, 0.29) is 0 Å². The Morgan fingerprint density at radius 2 is 1.20 bits per heavy atom. The minimum absolute atomic E-state index is 0.466. The monoisotopic (exact) mass is 261 g/mol. The lowest BCUT2D eigenvalue weighted by Crippen LogP contribution is -2.02. The van der Waals surface area contributed by atoms with E-state index in [1.165, 1.54) is 0 Å². The quantitative estimate of drug-likeness (QED) is 0.765. The first kappa shape index (κ1) is 12.4. The SMILES string of the molecule is Cc1nc(N)c(-c2ccccc2)nc1-c1ccccc1. The lowest BCUT2D eigenvalue weighted by Gasteiger charge is -2.10. The average Bonchev–Trinajstić information content (AvgIpc) is 2.49. The van der Waals surface area contributed by atoms with E-state index in [0.29, 0.717) is 5.82 Å². The maximum absolute atomic E-state index is 6.03. The van der Waals surface area contributed by atoms with Crippen LogP contribution in [0.4, 0.5) is 5.82 Å². The summed E-state index contributed by atoms with van der Waals surface area (Å²) in [4.78, 5) is 9.17. The van der Waals surface area contributed by atoms with Crippen molar-refractivity contribution in [1.82, 2.24) is 9.97 Å². The third kappa shape index (κ3) is 2.26. The van der Waals surface area contributed by atoms with Crippen LogP contribution in [0.3, 0.4) is 0 Å². The Morgan fingerprint density at radius 1 is 0.700 bits per heavy atom. The van der Waals surface area contributed by atoms with E-state index < -0.39 is 0 Å². The average molecular weight is 261 g/mol. The van der Waals surface area contributed by atoms with Crippen molar-refractivity contribution >= 4 is 5.82 Å². The Kier molecular flexibility index (Phi) is 3.17. The third-order valence-corrected chi connectivity index (χ3v) is 3.19. The summed E-state index contributed by atoms with van der Waals surface area (Å²) in [6.07, 6.45) is 0. The van der Waals surface area contributed by atoms with Gasteiger partial charge in [0, 0.05) is 11.1 Å². The highest BCUT2D eigenvalue weighted by Crippen LogP contribution is 2.27. The summed E-state index contributed by atoms with van der Waals surface area (Å²) in [5.41, 5.74) is 10.5. The van der Waals surface area contributed by atoms with Crippen LogP contribution < -0.4 is 5.73 Å². The zero-order chi connectivity index (χ0) is 13.9. The fourth-order valence-corrected chi connectivity index (χ4v) is 2.21. The molecule has 0 radical (unpaired) electrons. The molecule has 0 aliphatic carbocycles. The van der Waals surface area contributed by atoms with Gasteiger partial charge in [-0.1, -0.05) is 60.7 Å². The normalized spacial score (nSPS) is 10.4. The fourth-order valence-electron chi connectivity index (χ4n) is 2.21. The van der Waals surface area contributed by atoms with Gasteiger partial charge in [0.25, 0.3) is 0 Å². The number of anilines is 1. The molecule has 0 aliphatic rings. The molecule has 20 heavy (non-hydrogen) atoms. The third-order valence-electron chi connectivity index (χ3n) is 3.19. The second kappa shape index (κ2) is 5.13. The van der Waals surface area contributed by atoms with Gasteiger partial charge in [-0.15, -0.1) is 0 Å². The van der Waals surface area contributed by atoms with E-state index in [9.17, 15) is 0 Å². The Hall–Kier alpha value is -2.68. The number of nitrogen functional groups attached to an aromatic ring is 1. The number of aromatic nitrogens is 2. The number of hydrogen-bond donors (Lipinski definition) is 1. The van der Waals surface area contributed by atoms with Gasteiger partial charge in [-0.05, 0) is 6.92 Å². The Labute approximate surface area is 118 Å². The van der Waals surface area contributed by atoms with Crippen molar-refractivity contribution in [2.24, 2.45) is 0 Å². The Balaban J connectivity index is 2.19. The van der Waals surface area contributed by atoms with Crippen molar-refractivity contribution in [2.75, 3.05) is 5.73 Å². The van der Waals surface area contributed by atoms with Gasteiger partial charge >= 0.3 is 0 Å². The lowest BCUT2D eigenvalue weighted by atomic mass is 10.1. The van der Waals surface area contributed by atoms with Crippen LogP contribution in [0.2, 0.25) is 0 Å². The first-order valence-corrected chi connectivity index (χ1v) is 6.50. The minimum atomic E-state index is 0.466. The maximum atomic E-state index is 6.03. The first-order chi connectivity index (χ1) is 9.75. The zero-order valence-electron chi connectivity index (χ0n) is 11.2. The number of nitrogens with zero attached hydrogens (tertiary/aromatic N) is 2. The molecule has 3 aromatic rings. The molecule has 0 fully saturated rings. The summed E-state index contributed by atoms with van der Waals surface area (Å²) in [6.45, 7) is 1.93. The van der Waals surface area contributed by atoms with Crippen molar-refractivity contribution in [3.8, 4) is 22.5 Å². The highest BCUT2D eigenvalue weighted by atomic mass is 14.9. The summed E-state index contributed by atoms with van der Waals surface area (Å²) >= 11 is 0. The molecular formula is C17H15N3. The van der Waals surface area contributed by atoms with Crippen LogP contribution in [0.1, 0.15) is 5.69 Å². The minimum Gasteiger partial charge on any atom is -0.382 e. The van der Waals surface area contributed by atoms with E-state index in [1.807, 2.05) is 67.6 Å². The number of nitrogens with two attached hydrogens (primary N) is 1. The molecule has 1 heterocycles. The van der Waals surface area contributed by atoms with E-state index in [4.69, 9.17) is 10.7 Å². The summed E-state index contributed by atoms with van der Waals surface area (Å²) in [6, 6.07) is 19.9. The van der Waals surface area contributed by atoms with Gasteiger partial charge in [0.15, 0.2) is 0 Å². The molecule has 98 valence electrons. The largest absolute Gasteiger partial charge is 0.382 e. The molecule has 2 aromatic carbocycles. The van der Waals surface area contributed by atoms with Gasteiger partial charge in [0.2, 0.25) is 0 Å². The van der Waals surface area contributed by atoms with Gasteiger partial charge in [0.1, 0.15) is 11.5 Å². The van der Waals surface area contributed by atoms with Crippen LogP contribution in [0.15, 0.2) is 60.7 Å². The van der Waals surface area contributed by atoms with E-state index >= 15 is 0 Å². The van der Waals surface area contributed by atoms with Crippen molar-refractivity contribution in [2.45, 2.75) is 6.92 Å². The van der Waals surface area contributed by atoms with Crippen LogP contribution >= 0.6 is 0 Å². The maximum Gasteiger partial charge on any atom is 0.150 e. The Bertz CT molecular complexity index is 661. The molecule has 0 atom stereocenters. The molecule has 3 rings (SSSR count). The number of rotatable bonds is 2. The Morgan fingerprint density at radius 3 is 1.75 bits per heavy atom. The van der Waals surface area contributed by atoms with E-state index in [0.717, 1.165) is 28.2 Å². The van der Waals surface area contributed by atoms with Crippen molar-refractivity contribution < 1.29 is 0 Å². The predicted molar refractivity (Wildman–Crippen MR) is 82.1 cm³/mol. The molecule has 3 heteroatoms. The highest BCUT2D eigenvalue weighted by Gasteiger charge is 2.11. The van der Waals surface area contributed by atoms with Crippen LogP contribution in [0.25, 0.3) is 22.5 Å². The van der Waals surface area contributed by atoms with Gasteiger partial charge in [-0.3, -0.25) is 0 Å². The standard InChI is InChI=1S/C17H15N3/c1-12-15(13-8-4-2-5-9-13)20-16(17(18)19-12)14-10-6-3-7-11-14/h2-11H,1H3,(H2,18,19). The molecule has 1 aromatic heterocycles. The van der Waals surface area contributed by atoms with Gasteiger partial charge in [0.05, 0.1) is 11.4 Å². The molecule has 0 saturated heterocycles. The van der Waals surface area contributed by atoms with Crippen LogP contribution in [-0.2, 0) is 0 Å². The highest BCUT2D eigenvalue weighted by molar-refractivity contribution is 5.74. The van der Waals surface area contributed by atoms with E-state index in [1.54, 1.807) is 0 Å². The summed E-state index contributed by atoms with van der Waals surface area (Å²) < 4.78 is 0. The summed E-state index contributed by atoms with van der Waals surface area (Å²) in [7, 11) is 0. The molecule has 0 bridgehead atoms. The van der Waals surface area contributed by atoms with Crippen LogP contribution in [0, 0.1) is 6.92 Å². The first-order valence-electron chi connectivity index (χ1n) is 6.50. The van der Waals surface area contributed by atoms with Crippen LogP contribution in [-0.4, -0.2) is 9.97 Å². The van der Waals surface area contributed by atoms with Gasteiger partial charge in [-0.25, -0.2) is 9.97 Å². The van der Waals surface area contributed by atoms with Crippen molar-refractivity contribution in [3.05, 3.63) is 66.4 Å². The molecule has 0 spiro atoms. The molecule has 3 nitrogen and oxygen atoms in total. The molecule has 2 N–H and O–H groups in total. The molecule has 0 saturated carbocycles. The van der Waals surface area contributed by atoms with E-state index in [2.05, 4.69) is 4.98 Å².